The SMILES string of the molecule is O=C(N[C@H]1CCC[C@@H](C(F)(F)F)C1)N1CCc2ccccc2C1. The van der Waals surface area contributed by atoms with Crippen LogP contribution in [0.2, 0.25) is 0 Å². The third-order valence-corrected chi connectivity index (χ3v) is 4.88. The number of nitrogens with one attached hydrogen (secondary N) is 1. The van der Waals surface area contributed by atoms with Crippen LogP contribution in [0.1, 0.15) is 36.8 Å². The molecule has 1 saturated carbocycles. The predicted molar refractivity (Wildman–Crippen MR) is 80.9 cm³/mol. The van der Waals surface area contributed by atoms with Crippen molar-refractivity contribution < 1.29 is 18.0 Å². The summed E-state index contributed by atoms with van der Waals surface area (Å²) < 4.78 is 38.5. The molecule has 0 spiro atoms. The van der Waals surface area contributed by atoms with Crippen molar-refractivity contribution in [3.63, 3.8) is 0 Å². The van der Waals surface area contributed by atoms with E-state index in [4.69, 9.17) is 0 Å². The van der Waals surface area contributed by atoms with Crippen LogP contribution in [-0.2, 0) is 13.0 Å². The molecule has 0 bridgehead atoms. The van der Waals surface area contributed by atoms with Crippen LogP contribution < -0.4 is 5.32 Å². The molecule has 2 atom stereocenters. The number of hydrogen-bond donors (Lipinski definition) is 1. The van der Waals surface area contributed by atoms with E-state index in [1.165, 1.54) is 5.56 Å². The van der Waals surface area contributed by atoms with Crippen molar-refractivity contribution in [2.75, 3.05) is 6.54 Å². The molecule has 1 fully saturated rings. The fourth-order valence-corrected chi connectivity index (χ4v) is 3.55. The van der Waals surface area contributed by atoms with Gasteiger partial charge in [0.25, 0.3) is 0 Å². The number of benzene rings is 1. The third-order valence-electron chi connectivity index (χ3n) is 4.88. The number of alkyl halides is 3. The summed E-state index contributed by atoms with van der Waals surface area (Å²) in [5.41, 5.74) is 2.36. The molecule has 1 aromatic rings. The van der Waals surface area contributed by atoms with Gasteiger partial charge in [0, 0.05) is 19.1 Å². The van der Waals surface area contributed by atoms with Crippen molar-refractivity contribution in [3.8, 4) is 0 Å². The summed E-state index contributed by atoms with van der Waals surface area (Å²) in [6.45, 7) is 1.13. The quantitative estimate of drug-likeness (QED) is 0.835. The highest BCUT2D eigenvalue weighted by Gasteiger charge is 2.42. The average molecular weight is 326 g/mol. The summed E-state index contributed by atoms with van der Waals surface area (Å²) in [6.07, 6.45) is -2.06. The average Bonchev–Trinajstić information content (AvgIpc) is 2.54. The van der Waals surface area contributed by atoms with Gasteiger partial charge >= 0.3 is 12.2 Å². The van der Waals surface area contributed by atoms with Crippen LogP contribution >= 0.6 is 0 Å². The summed E-state index contributed by atoms with van der Waals surface area (Å²) in [7, 11) is 0. The van der Waals surface area contributed by atoms with Crippen LogP contribution in [0.25, 0.3) is 0 Å². The Morgan fingerprint density at radius 2 is 1.91 bits per heavy atom. The number of urea groups is 1. The monoisotopic (exact) mass is 326 g/mol. The fourth-order valence-electron chi connectivity index (χ4n) is 3.55. The second-order valence-corrected chi connectivity index (χ2v) is 6.49. The van der Waals surface area contributed by atoms with Gasteiger partial charge in [-0.25, -0.2) is 4.79 Å². The molecule has 1 aromatic carbocycles. The van der Waals surface area contributed by atoms with Crippen LogP contribution in [0.3, 0.4) is 0 Å². The molecule has 23 heavy (non-hydrogen) atoms. The molecule has 0 aromatic heterocycles. The van der Waals surface area contributed by atoms with E-state index in [0.717, 1.165) is 12.0 Å². The van der Waals surface area contributed by atoms with Gasteiger partial charge in [-0.3, -0.25) is 0 Å². The number of carbonyl (C=O) groups excluding carboxylic acids is 1. The zero-order valence-corrected chi connectivity index (χ0v) is 12.9. The van der Waals surface area contributed by atoms with Gasteiger partial charge in [0.05, 0.1) is 5.92 Å². The number of nitrogens with zero attached hydrogens (tertiary/aromatic N) is 1. The Hall–Kier alpha value is -1.72. The smallest absolute Gasteiger partial charge is 0.335 e. The van der Waals surface area contributed by atoms with E-state index in [2.05, 4.69) is 11.4 Å². The van der Waals surface area contributed by atoms with E-state index >= 15 is 0 Å². The molecule has 1 aliphatic heterocycles. The Balaban J connectivity index is 1.57. The van der Waals surface area contributed by atoms with Crippen molar-refractivity contribution in [3.05, 3.63) is 35.4 Å². The number of rotatable bonds is 1. The molecular formula is C17H21F3N2O. The molecule has 0 unspecified atom stereocenters. The normalized spacial score (nSPS) is 24.9. The minimum absolute atomic E-state index is 0.000330. The van der Waals surface area contributed by atoms with E-state index in [9.17, 15) is 18.0 Å². The number of hydrogen-bond acceptors (Lipinski definition) is 1. The van der Waals surface area contributed by atoms with Gasteiger partial charge in [0.15, 0.2) is 0 Å². The Kier molecular flexibility index (Phi) is 4.50. The van der Waals surface area contributed by atoms with E-state index < -0.39 is 12.1 Å². The largest absolute Gasteiger partial charge is 0.391 e. The lowest BCUT2D eigenvalue weighted by molar-refractivity contribution is -0.183. The maximum absolute atomic E-state index is 12.8. The van der Waals surface area contributed by atoms with Crippen molar-refractivity contribution in [2.24, 2.45) is 5.92 Å². The first kappa shape index (κ1) is 16.1. The molecule has 3 nitrogen and oxygen atoms in total. The van der Waals surface area contributed by atoms with Gasteiger partial charge in [0.1, 0.15) is 0 Å². The van der Waals surface area contributed by atoms with Crippen molar-refractivity contribution in [2.45, 2.75) is 50.9 Å². The zero-order valence-electron chi connectivity index (χ0n) is 12.9. The third kappa shape index (κ3) is 3.79. The lowest BCUT2D eigenvalue weighted by atomic mass is 9.85. The minimum atomic E-state index is -4.16. The highest BCUT2D eigenvalue weighted by Crippen LogP contribution is 2.37. The molecule has 1 N–H and O–H groups in total. The highest BCUT2D eigenvalue weighted by molar-refractivity contribution is 5.75. The molecule has 0 saturated heterocycles. The highest BCUT2D eigenvalue weighted by atomic mass is 19.4. The lowest BCUT2D eigenvalue weighted by Crippen LogP contribution is -2.48. The summed E-state index contributed by atoms with van der Waals surface area (Å²) in [5, 5.41) is 2.81. The first-order valence-corrected chi connectivity index (χ1v) is 8.12. The van der Waals surface area contributed by atoms with Crippen LogP contribution in [0.5, 0.6) is 0 Å². The molecule has 1 aliphatic carbocycles. The van der Waals surface area contributed by atoms with Gasteiger partial charge in [0.2, 0.25) is 0 Å². The van der Waals surface area contributed by atoms with E-state index in [0.29, 0.717) is 25.9 Å². The Labute approximate surface area is 133 Å². The summed E-state index contributed by atoms with van der Waals surface area (Å²) in [5.74, 6) is -1.29. The van der Waals surface area contributed by atoms with Crippen LogP contribution in [0, 0.1) is 5.92 Å². The van der Waals surface area contributed by atoms with Crippen molar-refractivity contribution >= 4 is 6.03 Å². The van der Waals surface area contributed by atoms with Gasteiger partial charge < -0.3 is 10.2 Å². The van der Waals surface area contributed by atoms with Gasteiger partial charge in [-0.05, 0) is 36.8 Å². The van der Waals surface area contributed by atoms with Crippen molar-refractivity contribution in [1.82, 2.24) is 10.2 Å². The van der Waals surface area contributed by atoms with Crippen LogP contribution in [-0.4, -0.2) is 29.7 Å². The van der Waals surface area contributed by atoms with Crippen LogP contribution in [0.15, 0.2) is 24.3 Å². The van der Waals surface area contributed by atoms with Gasteiger partial charge in [-0.1, -0.05) is 30.7 Å². The molecule has 6 heteroatoms. The number of amides is 2. The summed E-state index contributed by atoms with van der Waals surface area (Å²) >= 11 is 0. The maximum Gasteiger partial charge on any atom is 0.391 e. The Morgan fingerprint density at radius 3 is 2.65 bits per heavy atom. The number of halogens is 3. The number of carbonyl (C=O) groups is 1. The predicted octanol–water partition coefficient (Wildman–Crippen LogP) is 3.88. The topological polar surface area (TPSA) is 32.3 Å². The van der Waals surface area contributed by atoms with Gasteiger partial charge in [-0.15, -0.1) is 0 Å². The molecule has 126 valence electrons. The molecule has 1 heterocycles. The first-order chi connectivity index (χ1) is 10.9. The Morgan fingerprint density at radius 1 is 1.17 bits per heavy atom. The van der Waals surface area contributed by atoms with E-state index in [1.807, 2.05) is 18.2 Å². The maximum atomic E-state index is 12.8. The Bertz CT molecular complexity index is 573. The second kappa shape index (κ2) is 6.42. The molecule has 0 radical (unpaired) electrons. The molecule has 3 rings (SSSR count). The molecule has 2 aliphatic rings. The lowest BCUT2D eigenvalue weighted by Gasteiger charge is -2.34. The van der Waals surface area contributed by atoms with Crippen molar-refractivity contribution in [1.29, 1.82) is 0 Å². The van der Waals surface area contributed by atoms with Crippen LogP contribution in [0.4, 0.5) is 18.0 Å². The van der Waals surface area contributed by atoms with E-state index in [-0.39, 0.29) is 24.9 Å². The summed E-state index contributed by atoms with van der Waals surface area (Å²) in [4.78, 5) is 14.1. The standard InChI is InChI=1S/C17H21F3N2O/c18-17(19,20)14-6-3-7-15(10-14)21-16(23)22-9-8-12-4-1-2-5-13(12)11-22/h1-2,4-5,14-15H,3,6-11H2,(H,21,23)/t14-,15+/m1/s1. The zero-order chi connectivity index (χ0) is 16.4. The first-order valence-electron chi connectivity index (χ1n) is 8.12. The molecular weight excluding hydrogens is 305 g/mol. The minimum Gasteiger partial charge on any atom is -0.335 e. The fraction of sp³-hybridized carbons (Fsp3) is 0.588. The number of fused-ring (bicyclic) bond motifs is 1. The van der Waals surface area contributed by atoms with E-state index in [1.54, 1.807) is 4.90 Å². The molecule has 2 amide bonds. The second-order valence-electron chi connectivity index (χ2n) is 6.49. The van der Waals surface area contributed by atoms with Gasteiger partial charge in [-0.2, -0.15) is 13.2 Å². The summed E-state index contributed by atoms with van der Waals surface area (Å²) in [6, 6.07) is 7.35.